The number of rotatable bonds is 4. The van der Waals surface area contributed by atoms with E-state index in [-0.39, 0.29) is 6.42 Å². The SMILES string of the molecule is CC[C@@H](C(=O)O)c1cc(F)c(F)c(NC(=O)OC(C)(C)C)c1F. The van der Waals surface area contributed by atoms with E-state index in [1.54, 1.807) is 5.32 Å². The Labute approximate surface area is 131 Å². The summed E-state index contributed by atoms with van der Waals surface area (Å²) in [6, 6.07) is 0.479. The Kier molecular flexibility index (Phi) is 5.63. The Morgan fingerprint density at radius 2 is 1.83 bits per heavy atom. The number of anilines is 1. The molecule has 5 nitrogen and oxygen atoms in total. The van der Waals surface area contributed by atoms with E-state index in [4.69, 9.17) is 9.84 Å². The number of aliphatic carboxylic acids is 1. The molecule has 23 heavy (non-hydrogen) atoms. The van der Waals surface area contributed by atoms with Crippen molar-refractivity contribution in [3.63, 3.8) is 0 Å². The molecule has 8 heteroatoms. The molecular formula is C15H18F3NO4. The minimum atomic E-state index is -1.63. The fraction of sp³-hybridized carbons (Fsp3) is 0.467. The third-order valence-corrected chi connectivity index (χ3v) is 2.89. The van der Waals surface area contributed by atoms with Crippen LogP contribution >= 0.6 is 0 Å². The van der Waals surface area contributed by atoms with Gasteiger partial charge in [0, 0.05) is 5.56 Å². The summed E-state index contributed by atoms with van der Waals surface area (Å²) >= 11 is 0. The Morgan fingerprint density at radius 3 is 2.26 bits per heavy atom. The molecule has 0 unspecified atom stereocenters. The fourth-order valence-electron chi connectivity index (χ4n) is 1.92. The number of carboxylic acid groups (broad SMARTS) is 1. The molecule has 0 radical (unpaired) electrons. The van der Waals surface area contributed by atoms with Gasteiger partial charge in [-0.2, -0.15) is 0 Å². The molecule has 0 aliphatic rings. The van der Waals surface area contributed by atoms with Crippen LogP contribution in [0.2, 0.25) is 0 Å². The monoisotopic (exact) mass is 333 g/mol. The number of ether oxygens (including phenoxy) is 1. The van der Waals surface area contributed by atoms with E-state index in [2.05, 4.69) is 0 Å². The van der Waals surface area contributed by atoms with E-state index >= 15 is 0 Å². The number of halogens is 3. The second kappa shape index (κ2) is 6.89. The van der Waals surface area contributed by atoms with Gasteiger partial charge in [0.25, 0.3) is 0 Å². The molecule has 1 amide bonds. The number of nitrogens with one attached hydrogen (secondary N) is 1. The molecule has 0 aromatic heterocycles. The zero-order valence-corrected chi connectivity index (χ0v) is 13.2. The van der Waals surface area contributed by atoms with Crippen LogP contribution in [-0.2, 0) is 9.53 Å². The largest absolute Gasteiger partial charge is 0.481 e. The first kappa shape index (κ1) is 18.8. The molecule has 0 saturated carbocycles. The van der Waals surface area contributed by atoms with Gasteiger partial charge < -0.3 is 9.84 Å². The summed E-state index contributed by atoms with van der Waals surface area (Å²) < 4.78 is 46.6. The highest BCUT2D eigenvalue weighted by atomic mass is 19.2. The molecule has 0 heterocycles. The lowest BCUT2D eigenvalue weighted by Gasteiger charge is -2.21. The van der Waals surface area contributed by atoms with Gasteiger partial charge in [0.15, 0.2) is 17.5 Å². The standard InChI is InChI=1S/C15H18F3NO4/c1-5-7(13(20)21)8-6-9(16)11(18)12(10(8)17)19-14(22)23-15(2,3)4/h6-7H,5H2,1-4H3,(H,19,22)(H,20,21)/t7-/m1/s1. The average molecular weight is 333 g/mol. The molecule has 1 aromatic rings. The highest BCUT2D eigenvalue weighted by molar-refractivity contribution is 5.86. The summed E-state index contributed by atoms with van der Waals surface area (Å²) in [4.78, 5) is 22.7. The predicted octanol–water partition coefficient (Wildman–Crippen LogP) is 4.03. The Balaban J connectivity index is 3.30. The van der Waals surface area contributed by atoms with E-state index < -0.39 is 52.3 Å². The Morgan fingerprint density at radius 1 is 1.26 bits per heavy atom. The second-order valence-corrected chi connectivity index (χ2v) is 5.88. The fourth-order valence-corrected chi connectivity index (χ4v) is 1.92. The molecule has 1 atom stereocenters. The summed E-state index contributed by atoms with van der Waals surface area (Å²) in [6.07, 6.45) is -1.22. The molecule has 0 saturated heterocycles. The average Bonchev–Trinajstić information content (AvgIpc) is 2.39. The number of amides is 1. The highest BCUT2D eigenvalue weighted by Crippen LogP contribution is 2.31. The van der Waals surface area contributed by atoms with Crippen molar-refractivity contribution in [1.82, 2.24) is 0 Å². The molecular weight excluding hydrogens is 315 g/mol. The maximum absolute atomic E-state index is 14.4. The minimum absolute atomic E-state index is 0.0385. The molecule has 0 fully saturated rings. The number of hydrogen-bond acceptors (Lipinski definition) is 3. The van der Waals surface area contributed by atoms with Crippen LogP contribution in [0.25, 0.3) is 0 Å². The summed E-state index contributed by atoms with van der Waals surface area (Å²) in [5.41, 5.74) is -2.56. The maximum Gasteiger partial charge on any atom is 0.412 e. The van der Waals surface area contributed by atoms with Crippen LogP contribution in [0, 0.1) is 17.5 Å². The second-order valence-electron chi connectivity index (χ2n) is 5.88. The van der Waals surface area contributed by atoms with E-state index in [0.717, 1.165) is 0 Å². The summed E-state index contributed by atoms with van der Waals surface area (Å²) in [5.74, 6) is -7.20. The molecule has 0 aliphatic heterocycles. The number of carboxylic acids is 1. The van der Waals surface area contributed by atoms with Crippen LogP contribution in [0.5, 0.6) is 0 Å². The van der Waals surface area contributed by atoms with E-state index in [0.29, 0.717) is 6.07 Å². The van der Waals surface area contributed by atoms with Crippen molar-refractivity contribution in [3.05, 3.63) is 29.1 Å². The summed E-state index contributed by atoms with van der Waals surface area (Å²) in [7, 11) is 0. The van der Waals surface area contributed by atoms with Gasteiger partial charge >= 0.3 is 12.1 Å². The number of benzene rings is 1. The van der Waals surface area contributed by atoms with E-state index in [1.165, 1.54) is 27.7 Å². The number of carbonyl (C=O) groups excluding carboxylic acids is 1. The third kappa shape index (κ3) is 4.61. The van der Waals surface area contributed by atoms with Gasteiger partial charge in [-0.15, -0.1) is 0 Å². The molecule has 2 N–H and O–H groups in total. The van der Waals surface area contributed by atoms with Crippen LogP contribution in [-0.4, -0.2) is 22.8 Å². The van der Waals surface area contributed by atoms with Gasteiger partial charge in [0.2, 0.25) is 0 Å². The zero-order chi connectivity index (χ0) is 17.9. The molecule has 0 aliphatic carbocycles. The van der Waals surface area contributed by atoms with Crippen molar-refractivity contribution in [2.24, 2.45) is 0 Å². The molecule has 1 aromatic carbocycles. The van der Waals surface area contributed by atoms with Gasteiger partial charge in [-0.3, -0.25) is 10.1 Å². The van der Waals surface area contributed by atoms with Crippen LogP contribution in [0.3, 0.4) is 0 Å². The van der Waals surface area contributed by atoms with Gasteiger partial charge in [-0.1, -0.05) is 6.92 Å². The molecule has 1 rings (SSSR count). The van der Waals surface area contributed by atoms with Gasteiger partial charge in [0.1, 0.15) is 11.3 Å². The molecule has 0 spiro atoms. The topological polar surface area (TPSA) is 75.6 Å². The first-order valence-corrected chi connectivity index (χ1v) is 6.88. The van der Waals surface area contributed by atoms with Crippen molar-refractivity contribution in [2.75, 3.05) is 5.32 Å². The quantitative estimate of drug-likeness (QED) is 0.816. The summed E-state index contributed by atoms with van der Waals surface area (Å²) in [5, 5.41) is 10.8. The van der Waals surface area contributed by atoms with Gasteiger partial charge in [-0.25, -0.2) is 18.0 Å². The van der Waals surface area contributed by atoms with Crippen LogP contribution < -0.4 is 5.32 Å². The lowest BCUT2D eigenvalue weighted by molar-refractivity contribution is -0.138. The highest BCUT2D eigenvalue weighted by Gasteiger charge is 2.29. The summed E-state index contributed by atoms with van der Waals surface area (Å²) in [6.45, 7) is 6.07. The number of carbonyl (C=O) groups is 2. The first-order chi connectivity index (χ1) is 10.5. The van der Waals surface area contributed by atoms with Crippen molar-refractivity contribution in [1.29, 1.82) is 0 Å². The lowest BCUT2D eigenvalue weighted by Crippen LogP contribution is -2.28. The molecule has 128 valence electrons. The van der Waals surface area contributed by atoms with Crippen molar-refractivity contribution < 1.29 is 32.6 Å². The van der Waals surface area contributed by atoms with Gasteiger partial charge in [0.05, 0.1) is 5.92 Å². The molecule has 0 bridgehead atoms. The third-order valence-electron chi connectivity index (χ3n) is 2.89. The Bertz CT molecular complexity index is 626. The van der Waals surface area contributed by atoms with Crippen molar-refractivity contribution >= 4 is 17.7 Å². The van der Waals surface area contributed by atoms with Crippen LogP contribution in [0.1, 0.15) is 45.6 Å². The van der Waals surface area contributed by atoms with Crippen molar-refractivity contribution in [2.45, 2.75) is 45.6 Å². The van der Waals surface area contributed by atoms with E-state index in [9.17, 15) is 22.8 Å². The zero-order valence-electron chi connectivity index (χ0n) is 13.2. The predicted molar refractivity (Wildman–Crippen MR) is 76.8 cm³/mol. The lowest BCUT2D eigenvalue weighted by atomic mass is 9.95. The maximum atomic E-state index is 14.4. The van der Waals surface area contributed by atoms with E-state index in [1.807, 2.05) is 0 Å². The number of hydrogen-bond donors (Lipinski definition) is 2. The minimum Gasteiger partial charge on any atom is -0.481 e. The normalized spacial score (nSPS) is 12.7. The van der Waals surface area contributed by atoms with Crippen LogP contribution in [0.15, 0.2) is 6.07 Å². The first-order valence-electron chi connectivity index (χ1n) is 6.88. The smallest absolute Gasteiger partial charge is 0.412 e. The van der Waals surface area contributed by atoms with Crippen LogP contribution in [0.4, 0.5) is 23.7 Å². The Hall–Kier alpha value is -2.25. The van der Waals surface area contributed by atoms with Crippen molar-refractivity contribution in [3.8, 4) is 0 Å². The van der Waals surface area contributed by atoms with Gasteiger partial charge in [-0.05, 0) is 33.3 Å².